The quantitative estimate of drug-likeness (QED) is 0.626. The fourth-order valence-electron chi connectivity index (χ4n) is 2.68. The highest BCUT2D eigenvalue weighted by atomic mass is 32.2. The number of rotatable bonds is 9. The molecule has 0 saturated heterocycles. The highest BCUT2D eigenvalue weighted by Crippen LogP contribution is 2.11. The van der Waals surface area contributed by atoms with Crippen molar-refractivity contribution in [1.82, 2.24) is 10.6 Å². The predicted molar refractivity (Wildman–Crippen MR) is 106 cm³/mol. The van der Waals surface area contributed by atoms with E-state index in [0.717, 1.165) is 5.56 Å². The van der Waals surface area contributed by atoms with Crippen LogP contribution in [0.25, 0.3) is 0 Å². The summed E-state index contributed by atoms with van der Waals surface area (Å²) >= 11 is 1.42. The second-order valence-corrected chi connectivity index (χ2v) is 7.00. The van der Waals surface area contributed by atoms with Gasteiger partial charge < -0.3 is 15.4 Å². The zero-order valence-electron chi connectivity index (χ0n) is 15.4. The molecule has 1 aromatic carbocycles. The Kier molecular flexibility index (Phi) is 8.13. The molecule has 0 radical (unpaired) electrons. The maximum Gasteiger partial charge on any atom is 0.329 e. The highest BCUT2D eigenvalue weighted by Gasteiger charge is 2.28. The molecule has 1 aliphatic rings. The van der Waals surface area contributed by atoms with E-state index in [0.29, 0.717) is 12.2 Å². The third kappa shape index (κ3) is 6.29. The van der Waals surface area contributed by atoms with Gasteiger partial charge in [0, 0.05) is 12.2 Å². The van der Waals surface area contributed by atoms with Gasteiger partial charge >= 0.3 is 5.97 Å². The number of ether oxygens (including phenoxy) is 1. The van der Waals surface area contributed by atoms with Crippen molar-refractivity contribution in [1.29, 1.82) is 0 Å². The van der Waals surface area contributed by atoms with Gasteiger partial charge in [-0.25, -0.2) is 4.79 Å². The Hall–Kier alpha value is -2.54. The summed E-state index contributed by atoms with van der Waals surface area (Å²) in [7, 11) is 1.28. The summed E-state index contributed by atoms with van der Waals surface area (Å²) in [6, 6.07) is 7.86. The molecule has 0 bridgehead atoms. The van der Waals surface area contributed by atoms with E-state index in [1.807, 2.05) is 36.6 Å². The maximum atomic E-state index is 12.8. The van der Waals surface area contributed by atoms with E-state index in [2.05, 4.69) is 10.6 Å². The van der Waals surface area contributed by atoms with Crippen LogP contribution in [0.5, 0.6) is 0 Å². The zero-order chi connectivity index (χ0) is 19.6. The lowest BCUT2D eigenvalue weighted by Crippen LogP contribution is -2.54. The number of carbonyl (C=O) groups is 3. The van der Waals surface area contributed by atoms with Crippen molar-refractivity contribution in [3.8, 4) is 0 Å². The first-order valence-electron chi connectivity index (χ1n) is 8.61. The van der Waals surface area contributed by atoms with Gasteiger partial charge in [0.1, 0.15) is 12.1 Å². The van der Waals surface area contributed by atoms with E-state index >= 15 is 0 Å². The Morgan fingerprint density at radius 3 is 2.33 bits per heavy atom. The minimum absolute atomic E-state index is 0.254. The number of hydrogen-bond acceptors (Lipinski definition) is 5. The first kappa shape index (κ1) is 20.8. The van der Waals surface area contributed by atoms with E-state index in [1.54, 1.807) is 24.3 Å². The van der Waals surface area contributed by atoms with Crippen molar-refractivity contribution in [2.45, 2.75) is 18.5 Å². The van der Waals surface area contributed by atoms with Crippen LogP contribution >= 0.6 is 11.8 Å². The monoisotopic (exact) mass is 388 g/mol. The number of esters is 1. The Bertz CT molecular complexity index is 706. The molecular formula is C20H24N2O4S. The van der Waals surface area contributed by atoms with Gasteiger partial charge in [-0.1, -0.05) is 54.6 Å². The highest BCUT2D eigenvalue weighted by molar-refractivity contribution is 7.98. The first-order chi connectivity index (χ1) is 13.0. The number of nitrogens with one attached hydrogen (secondary N) is 2. The van der Waals surface area contributed by atoms with Crippen LogP contribution in [0.1, 0.15) is 5.56 Å². The summed E-state index contributed by atoms with van der Waals surface area (Å²) in [5, 5.41) is 5.50. The molecule has 144 valence electrons. The van der Waals surface area contributed by atoms with Crippen LogP contribution in [0, 0.1) is 5.92 Å². The summed E-state index contributed by atoms with van der Waals surface area (Å²) < 4.78 is 4.75. The third-order valence-corrected chi connectivity index (χ3v) is 4.77. The standard InChI is InChI=1S/C20H24N2O4S/c1-26-20(25)17(13-27-2)22-19(24)16(12-14-8-4-3-5-9-14)21-18(23)15-10-6-7-11-15/h3-11,15-17H,12-13H2,1-2H3,(H,21,23)(H,22,24)/t16-,17-/m0/s1. The van der Waals surface area contributed by atoms with E-state index in [4.69, 9.17) is 4.74 Å². The zero-order valence-corrected chi connectivity index (χ0v) is 16.2. The number of carbonyl (C=O) groups excluding carboxylic acids is 3. The Morgan fingerprint density at radius 2 is 1.74 bits per heavy atom. The molecule has 0 heterocycles. The summed E-state index contributed by atoms with van der Waals surface area (Å²) in [4.78, 5) is 37.2. The molecule has 0 saturated carbocycles. The number of thioether (sulfide) groups is 1. The predicted octanol–water partition coefficient (Wildman–Crippen LogP) is 1.48. The van der Waals surface area contributed by atoms with E-state index in [9.17, 15) is 14.4 Å². The van der Waals surface area contributed by atoms with Crippen LogP contribution in [0.4, 0.5) is 0 Å². The number of hydrogen-bond donors (Lipinski definition) is 2. The van der Waals surface area contributed by atoms with Gasteiger partial charge in [0.05, 0.1) is 13.0 Å². The van der Waals surface area contributed by atoms with Gasteiger partial charge in [0.25, 0.3) is 0 Å². The summed E-state index contributed by atoms with van der Waals surface area (Å²) in [6.07, 6.45) is 9.27. The molecule has 2 rings (SSSR count). The van der Waals surface area contributed by atoms with Gasteiger partial charge in [-0.3, -0.25) is 9.59 Å². The topological polar surface area (TPSA) is 84.5 Å². The van der Waals surface area contributed by atoms with Crippen molar-refractivity contribution in [3.05, 3.63) is 60.2 Å². The van der Waals surface area contributed by atoms with Gasteiger partial charge in [-0.2, -0.15) is 11.8 Å². The smallest absolute Gasteiger partial charge is 0.329 e. The van der Waals surface area contributed by atoms with Crippen molar-refractivity contribution in [2.75, 3.05) is 19.1 Å². The Labute approximate surface area is 163 Å². The molecule has 0 fully saturated rings. The number of methoxy groups -OCH3 is 1. The Morgan fingerprint density at radius 1 is 1.07 bits per heavy atom. The van der Waals surface area contributed by atoms with Crippen LogP contribution in [0.15, 0.2) is 54.6 Å². The van der Waals surface area contributed by atoms with Crippen molar-refractivity contribution < 1.29 is 19.1 Å². The summed E-state index contributed by atoms with van der Waals surface area (Å²) in [6.45, 7) is 0. The average molecular weight is 388 g/mol. The van der Waals surface area contributed by atoms with Crippen LogP contribution in [-0.4, -0.2) is 49.0 Å². The lowest BCUT2D eigenvalue weighted by molar-refractivity contribution is -0.144. The van der Waals surface area contributed by atoms with E-state index in [1.165, 1.54) is 18.9 Å². The molecule has 0 aliphatic heterocycles. The molecule has 0 spiro atoms. The molecule has 6 nitrogen and oxygen atoms in total. The average Bonchev–Trinajstić information content (AvgIpc) is 3.22. The SMILES string of the molecule is COC(=O)[C@H](CSC)NC(=O)[C@H](Cc1ccccc1)NC(=O)C1C=CC=C1. The molecule has 2 amide bonds. The molecule has 7 heteroatoms. The summed E-state index contributed by atoms with van der Waals surface area (Å²) in [5.74, 6) is -1.18. The van der Waals surface area contributed by atoms with Crippen LogP contribution in [-0.2, 0) is 25.5 Å². The van der Waals surface area contributed by atoms with E-state index in [-0.39, 0.29) is 5.91 Å². The van der Waals surface area contributed by atoms with Gasteiger partial charge in [0.2, 0.25) is 11.8 Å². The fraction of sp³-hybridized carbons (Fsp3) is 0.350. The molecule has 2 N–H and O–H groups in total. The summed E-state index contributed by atoms with van der Waals surface area (Å²) in [5.41, 5.74) is 0.912. The maximum absolute atomic E-state index is 12.8. The van der Waals surface area contributed by atoms with E-state index < -0.39 is 29.9 Å². The molecule has 0 aromatic heterocycles. The number of allylic oxidation sites excluding steroid dienone is 2. The molecule has 2 atom stereocenters. The molecule has 0 unspecified atom stereocenters. The lowest BCUT2D eigenvalue weighted by atomic mass is 10.0. The van der Waals surface area contributed by atoms with Crippen LogP contribution in [0.3, 0.4) is 0 Å². The largest absolute Gasteiger partial charge is 0.467 e. The molecule has 27 heavy (non-hydrogen) atoms. The first-order valence-corrected chi connectivity index (χ1v) is 10.0. The normalized spacial score (nSPS) is 15.2. The second kappa shape index (κ2) is 10.6. The minimum Gasteiger partial charge on any atom is -0.467 e. The van der Waals surface area contributed by atoms with Crippen LogP contribution < -0.4 is 10.6 Å². The lowest BCUT2D eigenvalue weighted by Gasteiger charge is -2.23. The molecular weight excluding hydrogens is 364 g/mol. The van der Waals surface area contributed by atoms with Crippen molar-refractivity contribution >= 4 is 29.5 Å². The molecule has 1 aromatic rings. The number of amides is 2. The second-order valence-electron chi connectivity index (χ2n) is 6.09. The van der Waals surface area contributed by atoms with Crippen molar-refractivity contribution in [3.63, 3.8) is 0 Å². The van der Waals surface area contributed by atoms with Crippen molar-refractivity contribution in [2.24, 2.45) is 5.92 Å². The Balaban J connectivity index is 2.12. The van der Waals surface area contributed by atoms with Crippen LogP contribution in [0.2, 0.25) is 0 Å². The molecule has 1 aliphatic carbocycles. The third-order valence-electron chi connectivity index (χ3n) is 4.10. The number of benzene rings is 1. The fourth-order valence-corrected chi connectivity index (χ4v) is 3.24. The van der Waals surface area contributed by atoms with Gasteiger partial charge in [-0.05, 0) is 11.8 Å². The van der Waals surface area contributed by atoms with Gasteiger partial charge in [0.15, 0.2) is 0 Å². The minimum atomic E-state index is -0.795. The van der Waals surface area contributed by atoms with Gasteiger partial charge in [-0.15, -0.1) is 0 Å².